The summed E-state index contributed by atoms with van der Waals surface area (Å²) in [6.45, 7) is 0. The molecule has 0 fully saturated rings. The quantitative estimate of drug-likeness (QED) is 0.105. The molecule has 38 heavy (non-hydrogen) atoms. The molecular weight excluding hydrogens is 780 g/mol. The first-order valence-electron chi connectivity index (χ1n) is 8.95. The molecule has 12 nitrogen and oxygen atoms in total. The summed E-state index contributed by atoms with van der Waals surface area (Å²) in [7, 11) is 0. The van der Waals surface area contributed by atoms with Crippen molar-refractivity contribution in [1.82, 2.24) is 0 Å². The Bertz CT molecular complexity index is 1120. The predicted molar refractivity (Wildman–Crippen MR) is 135 cm³/mol. The first-order chi connectivity index (χ1) is 16.6. The van der Waals surface area contributed by atoms with Crippen molar-refractivity contribution in [3.05, 3.63) is 53.1 Å². The van der Waals surface area contributed by atoms with Crippen LogP contribution >= 0.6 is 0 Å². The molecule has 0 aliphatic rings. The number of carboxylic acids is 3. The van der Waals surface area contributed by atoms with Gasteiger partial charge in [-0.3, -0.25) is 0 Å². The Kier molecular flexibility index (Phi) is 17.7. The zero-order valence-electron chi connectivity index (χ0n) is 20.5. The summed E-state index contributed by atoms with van der Waals surface area (Å²) < 4.78 is 0. The van der Waals surface area contributed by atoms with Crippen LogP contribution in [0.25, 0.3) is 0 Å². The Morgan fingerprint density at radius 3 is 0.816 bits per heavy atom. The summed E-state index contributed by atoms with van der Waals surface area (Å²) in [6, 6.07) is 6.13. The zero-order valence-corrected chi connectivity index (χ0v) is 26.9. The largest absolute Gasteiger partial charge is 3.00 e. The van der Waals surface area contributed by atoms with Gasteiger partial charge in [-0.25, -0.2) is 14.4 Å². The van der Waals surface area contributed by atoms with Crippen LogP contribution < -0.4 is 0 Å². The summed E-state index contributed by atoms with van der Waals surface area (Å²) in [5.74, 6) is -6.52. The molecule has 0 saturated heterocycles. The summed E-state index contributed by atoms with van der Waals surface area (Å²) in [5, 5.41) is 79.2. The number of benzene rings is 3. The fourth-order valence-electron chi connectivity index (χ4n) is 2.15. The fraction of sp³-hybridized carbons (Fsp3) is 0. The molecule has 3 aromatic rings. The molecule has 0 aromatic heterocycles. The van der Waals surface area contributed by atoms with Gasteiger partial charge in [-0.1, -0.05) is 18.2 Å². The summed E-state index contributed by atoms with van der Waals surface area (Å²) >= 11 is 13.7. The van der Waals surface area contributed by atoms with Crippen molar-refractivity contribution in [3.8, 4) is 34.5 Å². The van der Waals surface area contributed by atoms with E-state index in [1.165, 1.54) is 0 Å². The van der Waals surface area contributed by atoms with E-state index in [4.69, 9.17) is 46.0 Å². The SMILES string of the molecule is O=C(O)c1cc(O)c(O)c([S-])c1.O=C(O)c1cc(O)c(O)c([S-])c1.O=C(O)c1cc(O)c(O)c([S-])c1.[Eu+3].[H-].[H-].[Sr+2]. The molecule has 0 unspecified atom stereocenters. The smallest absolute Gasteiger partial charge is 1.00 e. The Morgan fingerprint density at radius 2 is 0.684 bits per heavy atom. The van der Waals surface area contributed by atoms with Crippen LogP contribution in [0, 0.1) is 49.4 Å². The predicted octanol–water partition coefficient (Wildman–Crippen LogP) is 1.95. The van der Waals surface area contributed by atoms with E-state index in [-0.39, 0.29) is 129 Å². The maximum Gasteiger partial charge on any atom is 3.00 e. The van der Waals surface area contributed by atoms with Gasteiger partial charge in [0.15, 0.2) is 17.2 Å². The van der Waals surface area contributed by atoms with Gasteiger partial charge < -0.3 is 86.7 Å². The minimum absolute atomic E-state index is 0. The van der Waals surface area contributed by atoms with Gasteiger partial charge in [-0.2, -0.15) is 0 Å². The topological polar surface area (TPSA) is 233 Å². The third-order valence-electron chi connectivity index (χ3n) is 3.91. The monoisotopic (exact) mass is 798 g/mol. The van der Waals surface area contributed by atoms with Crippen molar-refractivity contribution < 1.29 is 113 Å². The molecule has 3 aromatic carbocycles. The second kappa shape index (κ2) is 17.3. The second-order valence-corrected chi connectivity index (χ2v) is 7.76. The Balaban J connectivity index is -0.000000231. The van der Waals surface area contributed by atoms with E-state index in [0.29, 0.717) is 0 Å². The number of hydrogen-bond acceptors (Lipinski definition) is 12. The molecule has 0 radical (unpaired) electrons. The molecule has 0 amide bonds. The average Bonchev–Trinajstić information content (AvgIpc) is 2.79. The summed E-state index contributed by atoms with van der Waals surface area (Å²) in [4.78, 5) is 30.9. The molecule has 0 aliphatic heterocycles. The molecule has 0 saturated carbocycles. The number of carbonyl (C=O) groups is 3. The van der Waals surface area contributed by atoms with Crippen LogP contribution in [0.15, 0.2) is 51.1 Å². The maximum absolute atomic E-state index is 10.4. The van der Waals surface area contributed by atoms with Crippen molar-refractivity contribution in [1.29, 1.82) is 0 Å². The molecule has 0 atom stereocenters. The first kappa shape index (κ1) is 38.7. The molecular formula is C21H17EuO12S3Sr. The van der Waals surface area contributed by atoms with Crippen LogP contribution in [-0.2, 0) is 37.9 Å². The zero-order chi connectivity index (χ0) is 27.9. The van der Waals surface area contributed by atoms with Crippen LogP contribution in [0.5, 0.6) is 34.5 Å². The van der Waals surface area contributed by atoms with E-state index in [1.54, 1.807) is 0 Å². The van der Waals surface area contributed by atoms with Crippen LogP contribution in [0.4, 0.5) is 0 Å². The van der Waals surface area contributed by atoms with Gasteiger partial charge in [0.05, 0.1) is 16.7 Å². The molecule has 0 aliphatic carbocycles. The van der Waals surface area contributed by atoms with Gasteiger partial charge >= 0.3 is 113 Å². The van der Waals surface area contributed by atoms with Crippen molar-refractivity contribution in [3.63, 3.8) is 0 Å². The van der Waals surface area contributed by atoms with Crippen molar-refractivity contribution >= 4 is 101 Å². The minimum Gasteiger partial charge on any atom is -1.00 e. The molecule has 200 valence electrons. The van der Waals surface area contributed by atoms with Gasteiger partial charge in [-0.15, -0.1) is 14.7 Å². The standard InChI is InChI=1S/3C7H6O4S.Eu.Sr.2H/c3*8-4-1-3(7(10)11)2-5(12)6(4)9;;;;/h3*1-2,8-9,12H,(H,10,11);;;;/q;;;+3;+2;2*-1/p-3. The maximum atomic E-state index is 10.4. The van der Waals surface area contributed by atoms with E-state index in [0.717, 1.165) is 36.4 Å². The molecule has 3 rings (SSSR count). The first-order valence-corrected chi connectivity index (χ1v) is 10.2. The van der Waals surface area contributed by atoms with Crippen molar-refractivity contribution in [2.75, 3.05) is 0 Å². The number of carboxylic acid groups (broad SMARTS) is 3. The van der Waals surface area contributed by atoms with Gasteiger partial charge in [0.1, 0.15) is 17.2 Å². The average molecular weight is 797 g/mol. The van der Waals surface area contributed by atoms with Crippen LogP contribution in [-0.4, -0.2) is 109 Å². The Hall–Kier alpha value is -1.41. The van der Waals surface area contributed by atoms with E-state index in [2.05, 4.69) is 37.9 Å². The normalized spacial score (nSPS) is 9.16. The van der Waals surface area contributed by atoms with Gasteiger partial charge in [-0.05, 0) is 18.2 Å². The Morgan fingerprint density at radius 1 is 0.500 bits per heavy atom. The van der Waals surface area contributed by atoms with Crippen molar-refractivity contribution in [2.24, 2.45) is 0 Å². The van der Waals surface area contributed by atoms with E-state index in [9.17, 15) is 14.4 Å². The van der Waals surface area contributed by atoms with Gasteiger partial charge in [0.2, 0.25) is 0 Å². The van der Waals surface area contributed by atoms with Crippen molar-refractivity contribution in [2.45, 2.75) is 14.7 Å². The minimum atomic E-state index is -1.20. The van der Waals surface area contributed by atoms with Crippen LogP contribution in [0.1, 0.15) is 33.9 Å². The summed E-state index contributed by atoms with van der Waals surface area (Å²) in [6.07, 6.45) is 0. The third-order valence-corrected chi connectivity index (χ3v) is 4.84. The fourth-order valence-corrected chi connectivity index (χ4v) is 2.84. The van der Waals surface area contributed by atoms with Gasteiger partial charge in [0, 0.05) is 0 Å². The molecule has 0 bridgehead atoms. The second-order valence-electron chi connectivity index (χ2n) is 6.44. The number of hydrogen-bond donors (Lipinski definition) is 9. The Labute approximate surface area is 311 Å². The number of rotatable bonds is 3. The molecule has 0 spiro atoms. The number of aromatic carboxylic acids is 3. The number of aromatic hydroxyl groups is 6. The number of phenols is 6. The van der Waals surface area contributed by atoms with Crippen LogP contribution in [0.2, 0.25) is 0 Å². The third kappa shape index (κ3) is 11.4. The van der Waals surface area contributed by atoms with Crippen LogP contribution in [0.3, 0.4) is 0 Å². The van der Waals surface area contributed by atoms with E-state index >= 15 is 0 Å². The summed E-state index contributed by atoms with van der Waals surface area (Å²) in [5.41, 5.74) is -0.430. The van der Waals surface area contributed by atoms with E-state index in [1.807, 2.05) is 0 Å². The number of phenolic OH excluding ortho intramolecular Hbond substituents is 6. The molecule has 17 heteroatoms. The molecule has 0 heterocycles. The van der Waals surface area contributed by atoms with Gasteiger partial charge in [0.25, 0.3) is 0 Å². The molecule has 9 N–H and O–H groups in total. The van der Waals surface area contributed by atoms with E-state index < -0.39 is 52.4 Å².